The van der Waals surface area contributed by atoms with Crippen LogP contribution in [0.3, 0.4) is 0 Å². The molecule has 0 amide bonds. The third-order valence-corrected chi connectivity index (χ3v) is 5.14. The molecule has 118 valence electrons. The van der Waals surface area contributed by atoms with E-state index in [1.165, 1.54) is 50.5 Å². The Morgan fingerprint density at radius 1 is 1.10 bits per heavy atom. The zero-order valence-electron chi connectivity index (χ0n) is 14.1. The van der Waals surface area contributed by atoms with Crippen LogP contribution in [0, 0.1) is 11.8 Å². The molecule has 0 radical (unpaired) electrons. The topological polar surface area (TPSA) is 12.0 Å². The maximum atomic E-state index is 4.04. The average Bonchev–Trinajstić information content (AvgIpc) is 2.52. The van der Waals surface area contributed by atoms with Crippen molar-refractivity contribution in [3.63, 3.8) is 0 Å². The second kappa shape index (κ2) is 8.58. The quantitative estimate of drug-likeness (QED) is 0.676. The largest absolute Gasteiger partial charge is 0.307 e. The van der Waals surface area contributed by atoms with Crippen LogP contribution in [-0.4, -0.2) is 6.04 Å². The molecule has 1 aliphatic rings. The standard InChI is InChI=1S/C20H33N/c1-4-5-14-19(17-11-7-6-8-12-17)21-20-15-10-9-13-18(20)16(2)3/h6-8,11-12,16,18-21H,4-5,9-10,13-15H2,1-3H3. The van der Waals surface area contributed by atoms with Crippen molar-refractivity contribution in [3.8, 4) is 0 Å². The third kappa shape index (κ3) is 4.85. The van der Waals surface area contributed by atoms with E-state index in [4.69, 9.17) is 0 Å². The monoisotopic (exact) mass is 287 g/mol. The normalized spacial score (nSPS) is 24.2. The van der Waals surface area contributed by atoms with Gasteiger partial charge in [-0.05, 0) is 36.7 Å². The fourth-order valence-corrected chi connectivity index (χ4v) is 3.86. The first-order chi connectivity index (χ1) is 10.2. The van der Waals surface area contributed by atoms with Crippen LogP contribution in [0.25, 0.3) is 0 Å². The molecule has 1 saturated carbocycles. The minimum absolute atomic E-state index is 0.537. The van der Waals surface area contributed by atoms with Crippen LogP contribution in [0.2, 0.25) is 0 Å². The van der Waals surface area contributed by atoms with Gasteiger partial charge in [0.1, 0.15) is 0 Å². The number of rotatable bonds is 7. The van der Waals surface area contributed by atoms with E-state index in [2.05, 4.69) is 56.4 Å². The molecule has 1 N–H and O–H groups in total. The van der Waals surface area contributed by atoms with E-state index < -0.39 is 0 Å². The van der Waals surface area contributed by atoms with Crippen molar-refractivity contribution in [2.75, 3.05) is 0 Å². The van der Waals surface area contributed by atoms with Crippen molar-refractivity contribution < 1.29 is 0 Å². The lowest BCUT2D eigenvalue weighted by Crippen LogP contribution is -2.42. The Kier molecular flexibility index (Phi) is 6.76. The lowest BCUT2D eigenvalue weighted by Gasteiger charge is -2.37. The summed E-state index contributed by atoms with van der Waals surface area (Å²) in [6, 6.07) is 12.3. The number of hydrogen-bond acceptors (Lipinski definition) is 1. The molecular formula is C20H33N. The molecule has 1 fully saturated rings. The molecule has 0 bridgehead atoms. The highest BCUT2D eigenvalue weighted by Crippen LogP contribution is 2.32. The van der Waals surface area contributed by atoms with Crippen molar-refractivity contribution in [1.29, 1.82) is 0 Å². The molecule has 1 nitrogen and oxygen atoms in total. The van der Waals surface area contributed by atoms with E-state index in [0.717, 1.165) is 11.8 Å². The minimum atomic E-state index is 0.537. The predicted octanol–water partition coefficient (Wildman–Crippen LogP) is 5.72. The van der Waals surface area contributed by atoms with Gasteiger partial charge in [-0.1, -0.05) is 76.8 Å². The summed E-state index contributed by atoms with van der Waals surface area (Å²) in [5.74, 6) is 1.65. The molecule has 0 aliphatic heterocycles. The van der Waals surface area contributed by atoms with Crippen molar-refractivity contribution in [2.45, 2.75) is 77.8 Å². The Morgan fingerprint density at radius 3 is 2.48 bits per heavy atom. The first-order valence-corrected chi connectivity index (χ1v) is 9.03. The first-order valence-electron chi connectivity index (χ1n) is 9.03. The second-order valence-electron chi connectivity index (χ2n) is 7.07. The number of unbranched alkanes of at least 4 members (excludes halogenated alkanes) is 1. The highest BCUT2D eigenvalue weighted by atomic mass is 15.0. The van der Waals surface area contributed by atoms with Gasteiger partial charge in [0.25, 0.3) is 0 Å². The maximum Gasteiger partial charge on any atom is 0.0322 e. The number of nitrogens with one attached hydrogen (secondary N) is 1. The Bertz CT molecular complexity index is 384. The highest BCUT2D eigenvalue weighted by Gasteiger charge is 2.29. The molecule has 0 spiro atoms. The number of hydrogen-bond donors (Lipinski definition) is 1. The fourth-order valence-electron chi connectivity index (χ4n) is 3.86. The van der Waals surface area contributed by atoms with E-state index in [1.807, 2.05) is 0 Å². The number of benzene rings is 1. The average molecular weight is 287 g/mol. The lowest BCUT2D eigenvalue weighted by molar-refractivity contribution is 0.189. The molecular weight excluding hydrogens is 254 g/mol. The zero-order valence-corrected chi connectivity index (χ0v) is 14.1. The van der Waals surface area contributed by atoms with Gasteiger partial charge in [-0.25, -0.2) is 0 Å². The van der Waals surface area contributed by atoms with Crippen molar-refractivity contribution in [1.82, 2.24) is 5.32 Å². The van der Waals surface area contributed by atoms with Crippen LogP contribution in [0.1, 0.15) is 77.3 Å². The smallest absolute Gasteiger partial charge is 0.0322 e. The second-order valence-corrected chi connectivity index (χ2v) is 7.07. The molecule has 1 aromatic carbocycles. The van der Waals surface area contributed by atoms with E-state index in [9.17, 15) is 0 Å². The molecule has 21 heavy (non-hydrogen) atoms. The van der Waals surface area contributed by atoms with E-state index in [0.29, 0.717) is 12.1 Å². The van der Waals surface area contributed by atoms with Gasteiger partial charge in [-0.2, -0.15) is 0 Å². The summed E-state index contributed by atoms with van der Waals surface area (Å²) < 4.78 is 0. The Labute approximate surface area is 131 Å². The van der Waals surface area contributed by atoms with E-state index >= 15 is 0 Å². The Morgan fingerprint density at radius 2 is 1.81 bits per heavy atom. The summed E-state index contributed by atoms with van der Waals surface area (Å²) in [6.45, 7) is 7.09. The van der Waals surface area contributed by atoms with Gasteiger partial charge in [0.15, 0.2) is 0 Å². The summed E-state index contributed by atoms with van der Waals surface area (Å²) in [6.07, 6.45) is 9.45. The van der Waals surface area contributed by atoms with Crippen LogP contribution in [0.4, 0.5) is 0 Å². The molecule has 0 aromatic heterocycles. The Hall–Kier alpha value is -0.820. The van der Waals surface area contributed by atoms with Crippen molar-refractivity contribution >= 4 is 0 Å². The van der Waals surface area contributed by atoms with Crippen LogP contribution < -0.4 is 5.32 Å². The zero-order chi connectivity index (χ0) is 15.1. The summed E-state index contributed by atoms with van der Waals surface area (Å²) in [7, 11) is 0. The maximum absolute atomic E-state index is 4.04. The molecule has 3 atom stereocenters. The molecule has 1 aliphatic carbocycles. The van der Waals surface area contributed by atoms with Gasteiger partial charge < -0.3 is 5.32 Å². The van der Waals surface area contributed by atoms with Gasteiger partial charge >= 0.3 is 0 Å². The van der Waals surface area contributed by atoms with Crippen LogP contribution in [-0.2, 0) is 0 Å². The van der Waals surface area contributed by atoms with Crippen LogP contribution in [0.5, 0.6) is 0 Å². The van der Waals surface area contributed by atoms with E-state index in [-0.39, 0.29) is 0 Å². The van der Waals surface area contributed by atoms with Gasteiger partial charge in [-0.3, -0.25) is 0 Å². The van der Waals surface area contributed by atoms with Gasteiger partial charge in [-0.15, -0.1) is 0 Å². The van der Waals surface area contributed by atoms with Gasteiger partial charge in [0, 0.05) is 12.1 Å². The van der Waals surface area contributed by atoms with Gasteiger partial charge in [0.05, 0.1) is 0 Å². The van der Waals surface area contributed by atoms with E-state index in [1.54, 1.807) is 0 Å². The van der Waals surface area contributed by atoms with Crippen molar-refractivity contribution in [3.05, 3.63) is 35.9 Å². The molecule has 1 heteroatoms. The lowest BCUT2D eigenvalue weighted by atomic mass is 9.77. The molecule has 3 unspecified atom stereocenters. The summed E-state index contributed by atoms with van der Waals surface area (Å²) in [5.41, 5.74) is 1.47. The fraction of sp³-hybridized carbons (Fsp3) is 0.700. The minimum Gasteiger partial charge on any atom is -0.307 e. The SMILES string of the molecule is CCCCC(NC1CCCCC1C(C)C)c1ccccc1. The van der Waals surface area contributed by atoms with Crippen molar-refractivity contribution in [2.24, 2.45) is 11.8 Å². The molecule has 2 rings (SSSR count). The molecule has 1 aromatic rings. The van der Waals surface area contributed by atoms with Gasteiger partial charge in [0.2, 0.25) is 0 Å². The molecule has 0 saturated heterocycles. The molecule has 0 heterocycles. The van der Waals surface area contributed by atoms with Crippen LogP contribution >= 0.6 is 0 Å². The third-order valence-electron chi connectivity index (χ3n) is 5.14. The van der Waals surface area contributed by atoms with Crippen LogP contribution in [0.15, 0.2) is 30.3 Å². The predicted molar refractivity (Wildman–Crippen MR) is 92.4 cm³/mol. The summed E-state index contributed by atoms with van der Waals surface area (Å²) in [4.78, 5) is 0. The summed E-state index contributed by atoms with van der Waals surface area (Å²) >= 11 is 0. The highest BCUT2D eigenvalue weighted by molar-refractivity contribution is 5.19. The Balaban J connectivity index is 2.06. The first kappa shape index (κ1) is 16.5. The summed E-state index contributed by atoms with van der Waals surface area (Å²) in [5, 5.41) is 4.04.